The second-order valence-corrected chi connectivity index (χ2v) is 6.03. The number of hydrogen-bond acceptors (Lipinski definition) is 6. The highest BCUT2D eigenvalue weighted by Crippen LogP contribution is 2.34. The van der Waals surface area contributed by atoms with Crippen LogP contribution in [0.15, 0.2) is 36.5 Å². The van der Waals surface area contributed by atoms with Crippen molar-refractivity contribution < 1.29 is 14.3 Å². The molecule has 3 heterocycles. The fourth-order valence-electron chi connectivity index (χ4n) is 2.52. The fourth-order valence-corrected chi connectivity index (χ4v) is 2.52. The third kappa shape index (κ3) is 3.52. The predicted molar refractivity (Wildman–Crippen MR) is 93.1 cm³/mol. The first-order chi connectivity index (χ1) is 12.0. The zero-order valence-electron chi connectivity index (χ0n) is 14.0. The first kappa shape index (κ1) is 16.7. The zero-order valence-corrected chi connectivity index (χ0v) is 14.0. The maximum Gasteiger partial charge on any atom is 0.270 e. The lowest BCUT2D eigenvalue weighted by Crippen LogP contribution is -2.51. The zero-order chi connectivity index (χ0) is 18.0. The van der Waals surface area contributed by atoms with Crippen molar-refractivity contribution >= 4 is 29.3 Å². The Balaban J connectivity index is 1.86. The van der Waals surface area contributed by atoms with Crippen LogP contribution in [0.3, 0.4) is 0 Å². The molecule has 0 saturated carbocycles. The van der Waals surface area contributed by atoms with Gasteiger partial charge in [0.25, 0.3) is 5.91 Å². The number of carbonyl (C=O) groups is 2. The third-order valence-electron chi connectivity index (χ3n) is 3.72. The van der Waals surface area contributed by atoms with Gasteiger partial charge in [-0.05, 0) is 30.2 Å². The summed E-state index contributed by atoms with van der Waals surface area (Å²) in [5.41, 5.74) is 5.72. The molecule has 3 rings (SSSR count). The lowest BCUT2D eigenvalue weighted by Gasteiger charge is -2.34. The van der Waals surface area contributed by atoms with Gasteiger partial charge in [0, 0.05) is 6.20 Å². The Bertz CT molecular complexity index is 794. The number of nitrogens with zero attached hydrogens (tertiary/aromatic N) is 3. The molecule has 2 aromatic heterocycles. The van der Waals surface area contributed by atoms with Crippen molar-refractivity contribution in [2.75, 3.05) is 22.5 Å². The summed E-state index contributed by atoms with van der Waals surface area (Å²) in [6, 6.07) is 8.42. The van der Waals surface area contributed by atoms with Crippen molar-refractivity contribution in [1.29, 1.82) is 0 Å². The summed E-state index contributed by atoms with van der Waals surface area (Å²) in [4.78, 5) is 34.6. The lowest BCUT2D eigenvalue weighted by molar-refractivity contribution is -0.129. The number of nitrogens with two attached hydrogens (primary N) is 1. The van der Waals surface area contributed by atoms with E-state index in [-0.39, 0.29) is 35.9 Å². The number of carbonyl (C=O) groups excluding carboxylic acids is 2. The van der Waals surface area contributed by atoms with E-state index in [0.717, 1.165) is 0 Å². The molecule has 2 amide bonds. The molecule has 0 aliphatic carbocycles. The number of aromatic nitrogens is 2. The Morgan fingerprint density at radius 1 is 1.36 bits per heavy atom. The highest BCUT2D eigenvalue weighted by molar-refractivity contribution is 6.05. The molecular weight excluding hydrogens is 322 g/mol. The smallest absolute Gasteiger partial charge is 0.270 e. The van der Waals surface area contributed by atoms with Gasteiger partial charge < -0.3 is 15.8 Å². The van der Waals surface area contributed by atoms with Crippen molar-refractivity contribution in [3.05, 3.63) is 36.5 Å². The van der Waals surface area contributed by atoms with E-state index < -0.39 is 6.10 Å². The van der Waals surface area contributed by atoms with Crippen LogP contribution in [0.5, 0.6) is 5.75 Å². The van der Waals surface area contributed by atoms with E-state index in [0.29, 0.717) is 11.6 Å². The van der Waals surface area contributed by atoms with Crippen molar-refractivity contribution in [3.8, 4) is 5.75 Å². The van der Waals surface area contributed by atoms with Gasteiger partial charge in [-0.25, -0.2) is 9.97 Å². The molecule has 1 aliphatic rings. The van der Waals surface area contributed by atoms with E-state index >= 15 is 0 Å². The lowest BCUT2D eigenvalue weighted by atomic mass is 10.0. The molecule has 2 aromatic rings. The van der Waals surface area contributed by atoms with Crippen molar-refractivity contribution in [2.24, 2.45) is 5.92 Å². The van der Waals surface area contributed by atoms with Gasteiger partial charge >= 0.3 is 0 Å². The van der Waals surface area contributed by atoms with E-state index in [4.69, 9.17) is 10.5 Å². The fraction of sp³-hybridized carbons (Fsp3) is 0.294. The summed E-state index contributed by atoms with van der Waals surface area (Å²) in [5, 5.41) is 2.66. The van der Waals surface area contributed by atoms with Crippen LogP contribution in [0.2, 0.25) is 0 Å². The highest BCUT2D eigenvalue weighted by atomic mass is 16.5. The monoisotopic (exact) mass is 341 g/mol. The van der Waals surface area contributed by atoms with Gasteiger partial charge in [0.2, 0.25) is 5.91 Å². The maximum atomic E-state index is 12.8. The molecule has 0 fully saturated rings. The number of fused-ring (bicyclic) bond motifs is 1. The van der Waals surface area contributed by atoms with E-state index in [1.54, 1.807) is 36.5 Å². The van der Waals surface area contributed by atoms with Crippen molar-refractivity contribution in [2.45, 2.75) is 20.0 Å². The largest absolute Gasteiger partial charge is 0.476 e. The number of ether oxygens (including phenoxy) is 1. The summed E-state index contributed by atoms with van der Waals surface area (Å²) < 4.78 is 5.74. The van der Waals surface area contributed by atoms with Gasteiger partial charge in [-0.2, -0.15) is 0 Å². The van der Waals surface area contributed by atoms with Gasteiger partial charge in [-0.3, -0.25) is 14.5 Å². The first-order valence-corrected chi connectivity index (χ1v) is 7.91. The topological polar surface area (TPSA) is 110 Å². The Hall–Kier alpha value is -3.16. The number of amides is 2. The Morgan fingerprint density at radius 3 is 2.84 bits per heavy atom. The molecule has 8 nitrogen and oxygen atoms in total. The number of anilines is 3. The van der Waals surface area contributed by atoms with Gasteiger partial charge in [0.1, 0.15) is 18.2 Å². The molecule has 0 saturated heterocycles. The third-order valence-corrected chi connectivity index (χ3v) is 3.72. The first-order valence-electron chi connectivity index (χ1n) is 7.91. The molecule has 8 heteroatoms. The number of hydrogen-bond donors (Lipinski definition) is 2. The van der Waals surface area contributed by atoms with Crippen LogP contribution in [0, 0.1) is 5.92 Å². The second-order valence-electron chi connectivity index (χ2n) is 6.03. The average Bonchev–Trinajstić information content (AvgIpc) is 2.58. The molecule has 0 radical (unpaired) electrons. The maximum absolute atomic E-state index is 12.8. The van der Waals surface area contributed by atoms with Gasteiger partial charge in [-0.15, -0.1) is 0 Å². The predicted octanol–water partition coefficient (Wildman–Crippen LogP) is 1.45. The molecule has 0 aromatic carbocycles. The molecule has 25 heavy (non-hydrogen) atoms. The minimum absolute atomic E-state index is 0.0560. The van der Waals surface area contributed by atoms with Crippen LogP contribution in [0.1, 0.15) is 13.8 Å². The molecule has 1 unspecified atom stereocenters. The molecule has 3 N–H and O–H groups in total. The quantitative estimate of drug-likeness (QED) is 0.871. The minimum atomic E-state index is -0.680. The van der Waals surface area contributed by atoms with Crippen LogP contribution >= 0.6 is 0 Å². The highest BCUT2D eigenvalue weighted by Gasteiger charge is 2.38. The van der Waals surface area contributed by atoms with Crippen LogP contribution in [0.25, 0.3) is 0 Å². The van der Waals surface area contributed by atoms with E-state index in [1.807, 2.05) is 13.8 Å². The number of nitrogens with one attached hydrogen (secondary N) is 1. The Labute approximate surface area is 145 Å². The molecule has 0 spiro atoms. The SMILES string of the molecule is CC(C)C1Oc2ccc(N)nc2N(CC(=O)Nc2ccccn2)C1=O. The van der Waals surface area contributed by atoms with E-state index in [9.17, 15) is 9.59 Å². The van der Waals surface area contributed by atoms with Crippen LogP contribution in [-0.4, -0.2) is 34.4 Å². The molecular formula is C17H19N5O3. The van der Waals surface area contributed by atoms with Gasteiger partial charge in [0.05, 0.1) is 0 Å². The minimum Gasteiger partial charge on any atom is -0.476 e. The molecule has 0 bridgehead atoms. The molecule has 130 valence electrons. The Morgan fingerprint density at radius 2 is 2.16 bits per heavy atom. The summed E-state index contributed by atoms with van der Waals surface area (Å²) in [5.74, 6) is 0.571. The standard InChI is InChI=1S/C17H19N5O3/c1-10(2)15-17(24)22(16-11(25-15)6-7-12(18)20-16)9-14(23)21-13-5-3-4-8-19-13/h3-8,10,15H,9H2,1-2H3,(H2,18,20)(H,19,21,23). The van der Waals surface area contributed by atoms with Gasteiger partial charge in [0.15, 0.2) is 17.7 Å². The van der Waals surface area contributed by atoms with Gasteiger partial charge in [-0.1, -0.05) is 19.9 Å². The van der Waals surface area contributed by atoms with Crippen LogP contribution in [0.4, 0.5) is 17.5 Å². The number of nitrogen functional groups attached to an aromatic ring is 1. The number of pyridine rings is 2. The normalized spacial score (nSPS) is 16.4. The van der Waals surface area contributed by atoms with E-state index in [2.05, 4.69) is 15.3 Å². The molecule has 1 atom stereocenters. The summed E-state index contributed by atoms with van der Waals surface area (Å²) >= 11 is 0. The second kappa shape index (κ2) is 6.76. The summed E-state index contributed by atoms with van der Waals surface area (Å²) in [7, 11) is 0. The average molecular weight is 341 g/mol. The van der Waals surface area contributed by atoms with Crippen LogP contribution < -0.4 is 20.7 Å². The summed E-state index contributed by atoms with van der Waals surface area (Å²) in [6.07, 6.45) is 0.891. The van der Waals surface area contributed by atoms with Crippen LogP contribution in [-0.2, 0) is 9.59 Å². The molecule has 1 aliphatic heterocycles. The van der Waals surface area contributed by atoms with Crippen molar-refractivity contribution in [3.63, 3.8) is 0 Å². The van der Waals surface area contributed by atoms with E-state index in [1.165, 1.54) is 4.90 Å². The number of rotatable bonds is 4. The Kier molecular flexibility index (Phi) is 4.51. The van der Waals surface area contributed by atoms with Crippen molar-refractivity contribution in [1.82, 2.24) is 9.97 Å². The summed E-state index contributed by atoms with van der Waals surface area (Å²) in [6.45, 7) is 3.56.